The van der Waals surface area contributed by atoms with Crippen LogP contribution in [0.3, 0.4) is 0 Å². The molecule has 0 radical (unpaired) electrons. The zero-order valence-corrected chi connectivity index (χ0v) is 6.55. The predicted molar refractivity (Wildman–Crippen MR) is 39.3 cm³/mol. The first-order valence-corrected chi connectivity index (χ1v) is 3.49. The van der Waals surface area contributed by atoms with Gasteiger partial charge in [0.2, 0.25) is 0 Å². The van der Waals surface area contributed by atoms with Gasteiger partial charge in [-0.25, -0.2) is 0 Å². The SMILES string of the molecule is CC[C@H](C)[C@@H](CN)OC. The van der Waals surface area contributed by atoms with E-state index in [4.69, 9.17) is 10.5 Å². The Balaban J connectivity index is 3.50. The lowest BCUT2D eigenvalue weighted by Gasteiger charge is -2.18. The van der Waals surface area contributed by atoms with Gasteiger partial charge in [0, 0.05) is 13.7 Å². The summed E-state index contributed by atoms with van der Waals surface area (Å²) in [6.45, 7) is 4.93. The van der Waals surface area contributed by atoms with Crippen molar-refractivity contribution in [3.05, 3.63) is 0 Å². The molecule has 0 aromatic carbocycles. The highest BCUT2D eigenvalue weighted by molar-refractivity contribution is 4.64. The van der Waals surface area contributed by atoms with E-state index in [2.05, 4.69) is 13.8 Å². The molecule has 0 rings (SSSR count). The van der Waals surface area contributed by atoms with Crippen molar-refractivity contribution in [1.82, 2.24) is 0 Å². The second kappa shape index (κ2) is 4.77. The van der Waals surface area contributed by atoms with Crippen LogP contribution in [0.25, 0.3) is 0 Å². The summed E-state index contributed by atoms with van der Waals surface area (Å²) < 4.78 is 5.13. The van der Waals surface area contributed by atoms with Crippen LogP contribution in [0.4, 0.5) is 0 Å². The van der Waals surface area contributed by atoms with Gasteiger partial charge in [-0.1, -0.05) is 20.3 Å². The Kier molecular flexibility index (Phi) is 4.72. The minimum absolute atomic E-state index is 0.245. The summed E-state index contributed by atoms with van der Waals surface area (Å²) in [7, 11) is 1.71. The van der Waals surface area contributed by atoms with E-state index in [0.29, 0.717) is 12.5 Å². The maximum absolute atomic E-state index is 5.43. The Hall–Kier alpha value is -0.0800. The Bertz CT molecular complexity index is 61.9. The van der Waals surface area contributed by atoms with Crippen molar-refractivity contribution in [2.24, 2.45) is 11.7 Å². The lowest BCUT2D eigenvalue weighted by atomic mass is 10.0. The summed E-state index contributed by atoms with van der Waals surface area (Å²) in [4.78, 5) is 0. The topological polar surface area (TPSA) is 35.2 Å². The van der Waals surface area contributed by atoms with Crippen LogP contribution in [-0.2, 0) is 4.74 Å². The monoisotopic (exact) mass is 131 g/mol. The zero-order chi connectivity index (χ0) is 7.28. The van der Waals surface area contributed by atoms with E-state index in [0.717, 1.165) is 6.42 Å². The molecule has 0 saturated heterocycles. The largest absolute Gasteiger partial charge is 0.380 e. The number of hydrogen-bond acceptors (Lipinski definition) is 2. The smallest absolute Gasteiger partial charge is 0.0718 e. The molecule has 0 aromatic rings. The van der Waals surface area contributed by atoms with Crippen molar-refractivity contribution < 1.29 is 4.74 Å². The average molecular weight is 131 g/mol. The Morgan fingerprint density at radius 1 is 1.56 bits per heavy atom. The zero-order valence-electron chi connectivity index (χ0n) is 6.55. The normalized spacial score (nSPS) is 17.3. The molecule has 2 heteroatoms. The molecule has 9 heavy (non-hydrogen) atoms. The van der Waals surface area contributed by atoms with Gasteiger partial charge < -0.3 is 10.5 Å². The second-order valence-electron chi connectivity index (χ2n) is 2.40. The van der Waals surface area contributed by atoms with Crippen LogP contribution < -0.4 is 5.73 Å². The van der Waals surface area contributed by atoms with Crippen LogP contribution in [0.1, 0.15) is 20.3 Å². The lowest BCUT2D eigenvalue weighted by molar-refractivity contribution is 0.0641. The molecule has 2 atom stereocenters. The van der Waals surface area contributed by atoms with E-state index >= 15 is 0 Å². The van der Waals surface area contributed by atoms with Crippen molar-refractivity contribution in [3.8, 4) is 0 Å². The number of methoxy groups -OCH3 is 1. The van der Waals surface area contributed by atoms with E-state index in [9.17, 15) is 0 Å². The molecule has 0 aromatic heterocycles. The van der Waals surface area contributed by atoms with E-state index in [1.165, 1.54) is 0 Å². The standard InChI is InChI=1S/C7H17NO/c1-4-6(2)7(5-8)9-3/h6-7H,4-5,8H2,1-3H3/t6-,7+/m0/s1. The number of rotatable bonds is 4. The van der Waals surface area contributed by atoms with Crippen LogP contribution in [0.2, 0.25) is 0 Å². The predicted octanol–water partition coefficient (Wildman–Crippen LogP) is 1.01. The quantitative estimate of drug-likeness (QED) is 0.618. The Labute approximate surface area is 57.4 Å². The molecule has 0 unspecified atom stereocenters. The molecular formula is C7H17NO. The van der Waals surface area contributed by atoms with Gasteiger partial charge in [-0.15, -0.1) is 0 Å². The summed E-state index contributed by atoms with van der Waals surface area (Å²) in [5, 5.41) is 0. The van der Waals surface area contributed by atoms with Gasteiger partial charge in [0.1, 0.15) is 0 Å². The number of ether oxygens (including phenoxy) is 1. The van der Waals surface area contributed by atoms with Gasteiger partial charge in [-0.2, -0.15) is 0 Å². The van der Waals surface area contributed by atoms with Crippen molar-refractivity contribution in [2.45, 2.75) is 26.4 Å². The average Bonchev–Trinajstić information content (AvgIpc) is 1.90. The fourth-order valence-electron chi connectivity index (χ4n) is 0.824. The van der Waals surface area contributed by atoms with Crippen LogP contribution >= 0.6 is 0 Å². The van der Waals surface area contributed by atoms with Crippen LogP contribution in [0.15, 0.2) is 0 Å². The lowest BCUT2D eigenvalue weighted by Crippen LogP contribution is -2.28. The van der Waals surface area contributed by atoms with Gasteiger partial charge >= 0.3 is 0 Å². The van der Waals surface area contributed by atoms with Gasteiger partial charge in [-0.3, -0.25) is 0 Å². The molecule has 2 N–H and O–H groups in total. The van der Waals surface area contributed by atoms with E-state index < -0.39 is 0 Å². The molecule has 0 spiro atoms. The Morgan fingerprint density at radius 3 is 2.22 bits per heavy atom. The molecule has 0 heterocycles. The molecule has 0 aliphatic rings. The molecule has 0 saturated carbocycles. The first-order valence-electron chi connectivity index (χ1n) is 3.49. The third kappa shape index (κ3) is 2.82. The molecule has 0 aliphatic heterocycles. The molecule has 0 bridgehead atoms. The summed E-state index contributed by atoms with van der Waals surface area (Å²) in [6.07, 6.45) is 1.38. The van der Waals surface area contributed by atoms with E-state index in [1.54, 1.807) is 7.11 Å². The molecular weight excluding hydrogens is 114 g/mol. The molecule has 56 valence electrons. The minimum Gasteiger partial charge on any atom is -0.380 e. The molecule has 0 aliphatic carbocycles. The first-order chi connectivity index (χ1) is 4.26. The van der Waals surface area contributed by atoms with Crippen molar-refractivity contribution in [1.29, 1.82) is 0 Å². The fourth-order valence-corrected chi connectivity index (χ4v) is 0.824. The number of nitrogens with two attached hydrogens (primary N) is 1. The van der Waals surface area contributed by atoms with Crippen molar-refractivity contribution in [3.63, 3.8) is 0 Å². The van der Waals surface area contributed by atoms with Crippen molar-refractivity contribution >= 4 is 0 Å². The highest BCUT2D eigenvalue weighted by Crippen LogP contribution is 2.08. The first kappa shape index (κ1) is 8.92. The van der Waals surface area contributed by atoms with Crippen LogP contribution in [0, 0.1) is 5.92 Å². The van der Waals surface area contributed by atoms with Crippen molar-refractivity contribution in [2.75, 3.05) is 13.7 Å². The highest BCUT2D eigenvalue weighted by atomic mass is 16.5. The maximum atomic E-state index is 5.43. The maximum Gasteiger partial charge on any atom is 0.0718 e. The number of hydrogen-bond donors (Lipinski definition) is 1. The third-order valence-electron chi connectivity index (χ3n) is 1.81. The third-order valence-corrected chi connectivity index (χ3v) is 1.81. The Morgan fingerprint density at radius 2 is 2.11 bits per heavy atom. The second-order valence-corrected chi connectivity index (χ2v) is 2.40. The van der Waals surface area contributed by atoms with Gasteiger partial charge in [0.15, 0.2) is 0 Å². The summed E-state index contributed by atoms with van der Waals surface area (Å²) in [5.74, 6) is 0.583. The van der Waals surface area contributed by atoms with Gasteiger partial charge in [-0.05, 0) is 5.92 Å². The fraction of sp³-hybridized carbons (Fsp3) is 1.00. The molecule has 2 nitrogen and oxygen atoms in total. The van der Waals surface area contributed by atoms with Crippen LogP contribution in [-0.4, -0.2) is 19.8 Å². The molecule has 0 fully saturated rings. The van der Waals surface area contributed by atoms with Crippen LogP contribution in [0.5, 0.6) is 0 Å². The summed E-state index contributed by atoms with van der Waals surface area (Å²) >= 11 is 0. The van der Waals surface area contributed by atoms with E-state index in [1.807, 2.05) is 0 Å². The van der Waals surface area contributed by atoms with Gasteiger partial charge in [0.25, 0.3) is 0 Å². The highest BCUT2D eigenvalue weighted by Gasteiger charge is 2.11. The summed E-state index contributed by atoms with van der Waals surface area (Å²) in [6, 6.07) is 0. The van der Waals surface area contributed by atoms with E-state index in [-0.39, 0.29) is 6.10 Å². The van der Waals surface area contributed by atoms with Gasteiger partial charge in [0.05, 0.1) is 6.10 Å². The minimum atomic E-state index is 0.245. The molecule has 0 amide bonds. The summed E-state index contributed by atoms with van der Waals surface area (Å²) in [5.41, 5.74) is 5.43.